The molecule has 3 heteroatoms. The van der Waals surface area contributed by atoms with Gasteiger partial charge in [-0.05, 0) is 139 Å². The highest BCUT2D eigenvalue weighted by Gasteiger charge is 2.38. The Bertz CT molecular complexity index is 3940. The van der Waals surface area contributed by atoms with Crippen molar-refractivity contribution >= 4 is 83.7 Å². The van der Waals surface area contributed by atoms with Gasteiger partial charge in [-0.2, -0.15) is 0 Å². The van der Waals surface area contributed by atoms with Gasteiger partial charge in [0.2, 0.25) is 0 Å². The predicted molar refractivity (Wildman–Crippen MR) is 282 cm³/mol. The first kappa shape index (κ1) is 38.2. The lowest BCUT2D eigenvalue weighted by atomic mass is 9.82. The first-order valence-electron chi connectivity index (χ1n) is 23.5. The van der Waals surface area contributed by atoms with Gasteiger partial charge in [-0.3, -0.25) is 0 Å². The molecule has 12 aromatic rings. The largest absolute Gasteiger partial charge is 0.456 e. The number of nitrogens with zero attached hydrogens (tertiary/aromatic N) is 2. The van der Waals surface area contributed by atoms with Gasteiger partial charge in [-0.25, -0.2) is 0 Å². The number of para-hydroxylation sites is 1. The molecule has 0 amide bonds. The topological polar surface area (TPSA) is 21.3 Å². The van der Waals surface area contributed by atoms with Crippen LogP contribution in [0.15, 0.2) is 199 Å². The smallest absolute Gasteiger partial charge is 0.137 e. The first-order chi connectivity index (χ1) is 32.7. The summed E-state index contributed by atoms with van der Waals surface area (Å²) >= 11 is 0. The molecule has 0 fully saturated rings. The highest BCUT2D eigenvalue weighted by molar-refractivity contribution is 6.25. The number of hydrogen-bond acceptors (Lipinski definition) is 2. The average molecular weight is 859 g/mol. The second-order valence-corrected chi connectivity index (χ2v) is 19.7. The summed E-state index contributed by atoms with van der Waals surface area (Å²) in [6.45, 7) is 9.43. The Labute approximate surface area is 389 Å². The van der Waals surface area contributed by atoms with Crippen molar-refractivity contribution in [3.8, 4) is 27.9 Å². The predicted octanol–water partition coefficient (Wildman–Crippen LogP) is 17.5. The Hall–Kier alpha value is -8.14. The Morgan fingerprint density at radius 2 is 0.985 bits per heavy atom. The average Bonchev–Trinajstić information content (AvgIpc) is 4.04. The van der Waals surface area contributed by atoms with Gasteiger partial charge in [-0.1, -0.05) is 155 Å². The molecule has 0 aliphatic heterocycles. The molecule has 10 aromatic carbocycles. The molecule has 0 saturated heterocycles. The number of benzene rings is 10. The molecule has 3 nitrogen and oxygen atoms in total. The highest BCUT2D eigenvalue weighted by Crippen LogP contribution is 2.53. The summed E-state index contributed by atoms with van der Waals surface area (Å²) < 4.78 is 9.23. The van der Waals surface area contributed by atoms with Crippen molar-refractivity contribution in [3.05, 3.63) is 228 Å². The van der Waals surface area contributed by atoms with Crippen LogP contribution in [-0.2, 0) is 10.8 Å². The number of furan rings is 1. The van der Waals surface area contributed by atoms with Crippen LogP contribution in [0.5, 0.6) is 0 Å². The minimum absolute atomic E-state index is 0.128. The van der Waals surface area contributed by atoms with Crippen molar-refractivity contribution in [2.75, 3.05) is 4.90 Å². The van der Waals surface area contributed by atoms with Gasteiger partial charge in [0.25, 0.3) is 0 Å². The lowest BCUT2D eigenvalue weighted by Gasteiger charge is -2.29. The van der Waals surface area contributed by atoms with Gasteiger partial charge in [0.15, 0.2) is 0 Å². The third-order valence-corrected chi connectivity index (χ3v) is 15.4. The van der Waals surface area contributed by atoms with Crippen molar-refractivity contribution < 1.29 is 4.42 Å². The van der Waals surface area contributed by atoms with Gasteiger partial charge < -0.3 is 13.9 Å². The van der Waals surface area contributed by atoms with Gasteiger partial charge in [0.1, 0.15) is 11.2 Å². The van der Waals surface area contributed by atoms with Crippen LogP contribution >= 0.6 is 0 Å². The lowest BCUT2D eigenvalue weighted by molar-refractivity contribution is 0.660. The van der Waals surface area contributed by atoms with Gasteiger partial charge in [0, 0.05) is 61.2 Å². The van der Waals surface area contributed by atoms with E-state index >= 15 is 0 Å². The van der Waals surface area contributed by atoms with E-state index in [0.717, 1.165) is 44.6 Å². The molecule has 0 saturated carbocycles. The summed E-state index contributed by atoms with van der Waals surface area (Å²) in [5.74, 6) is 0. The molecule has 0 atom stereocenters. The van der Waals surface area contributed by atoms with Gasteiger partial charge in [-0.15, -0.1) is 0 Å². The molecule has 67 heavy (non-hydrogen) atoms. The molecule has 0 radical (unpaired) electrons. The summed E-state index contributed by atoms with van der Waals surface area (Å²) in [4.78, 5) is 2.43. The lowest BCUT2D eigenvalue weighted by Crippen LogP contribution is -2.18. The van der Waals surface area contributed by atoms with Crippen molar-refractivity contribution in [2.45, 2.75) is 38.5 Å². The number of aromatic nitrogens is 1. The van der Waals surface area contributed by atoms with Crippen LogP contribution < -0.4 is 4.90 Å². The van der Waals surface area contributed by atoms with E-state index in [9.17, 15) is 0 Å². The maximum absolute atomic E-state index is 6.84. The summed E-state index contributed by atoms with van der Waals surface area (Å²) in [5.41, 5.74) is 21.4. The van der Waals surface area contributed by atoms with Crippen molar-refractivity contribution in [3.63, 3.8) is 0 Å². The number of hydrogen-bond donors (Lipinski definition) is 0. The molecular weight excluding hydrogens is 813 g/mol. The van der Waals surface area contributed by atoms with Gasteiger partial charge >= 0.3 is 0 Å². The summed E-state index contributed by atoms with van der Waals surface area (Å²) in [6.07, 6.45) is 4.48. The fourth-order valence-electron chi connectivity index (χ4n) is 12.0. The van der Waals surface area contributed by atoms with Crippen LogP contribution in [-0.4, -0.2) is 4.57 Å². The Balaban J connectivity index is 0.867. The van der Waals surface area contributed by atoms with E-state index in [2.05, 4.69) is 243 Å². The van der Waals surface area contributed by atoms with Crippen molar-refractivity contribution in [1.82, 2.24) is 4.57 Å². The Morgan fingerprint density at radius 1 is 0.418 bits per heavy atom. The monoisotopic (exact) mass is 858 g/mol. The zero-order valence-electron chi connectivity index (χ0n) is 37.9. The molecule has 2 heterocycles. The van der Waals surface area contributed by atoms with Crippen molar-refractivity contribution in [2.24, 2.45) is 0 Å². The molecule has 2 aliphatic rings. The van der Waals surface area contributed by atoms with Crippen LogP contribution in [0, 0.1) is 0 Å². The van der Waals surface area contributed by atoms with E-state index < -0.39 is 0 Å². The van der Waals surface area contributed by atoms with Gasteiger partial charge in [0.05, 0.1) is 11.0 Å². The van der Waals surface area contributed by atoms with Crippen LogP contribution in [0.3, 0.4) is 0 Å². The second kappa shape index (κ2) is 13.7. The number of rotatable bonds is 6. The Morgan fingerprint density at radius 3 is 1.69 bits per heavy atom. The fraction of sp³-hybridized carbons (Fsp3) is 0.0938. The molecule has 0 unspecified atom stereocenters. The highest BCUT2D eigenvalue weighted by atomic mass is 16.3. The van der Waals surface area contributed by atoms with Crippen LogP contribution in [0.25, 0.3) is 94.6 Å². The molecule has 318 valence electrons. The molecule has 0 bridgehead atoms. The quantitative estimate of drug-likeness (QED) is 0.123. The van der Waals surface area contributed by atoms with Crippen molar-refractivity contribution in [1.29, 1.82) is 0 Å². The molecule has 0 N–H and O–H groups in total. The minimum atomic E-state index is -0.128. The molecule has 14 rings (SSSR count). The molecule has 2 aliphatic carbocycles. The number of anilines is 3. The van der Waals surface area contributed by atoms with E-state index in [1.165, 1.54) is 88.3 Å². The summed E-state index contributed by atoms with van der Waals surface area (Å²) in [7, 11) is 0. The third kappa shape index (κ3) is 5.40. The molecular formula is C64H46N2O. The molecule has 0 spiro atoms. The van der Waals surface area contributed by atoms with E-state index in [4.69, 9.17) is 4.42 Å². The normalized spacial score (nSPS) is 14.4. The second-order valence-electron chi connectivity index (χ2n) is 19.7. The molecule has 2 aromatic heterocycles. The fourth-order valence-corrected chi connectivity index (χ4v) is 12.0. The summed E-state index contributed by atoms with van der Waals surface area (Å²) in [5, 5.41) is 7.35. The van der Waals surface area contributed by atoms with Crippen LogP contribution in [0.2, 0.25) is 0 Å². The van der Waals surface area contributed by atoms with E-state index in [0.29, 0.717) is 0 Å². The number of fused-ring (bicyclic) bond motifs is 9. The van der Waals surface area contributed by atoms with E-state index in [-0.39, 0.29) is 10.8 Å². The minimum Gasteiger partial charge on any atom is -0.456 e. The SMILES string of the molecule is CC1(C)c2ccccc2-c2ccc(N(c3ccc4c(c3)C(C)(C)c3ccccc3-4)c3ccc4c(c3)oc3cc(/C=C/c5ccc6c7c5ccc5cccc(c57)n6-c5ccccc5)ccc34)cc21. The van der Waals surface area contributed by atoms with E-state index in [1.54, 1.807) is 0 Å². The maximum Gasteiger partial charge on any atom is 0.137 e. The summed E-state index contributed by atoms with van der Waals surface area (Å²) in [6, 6.07) is 71.6. The zero-order valence-corrected chi connectivity index (χ0v) is 37.9. The van der Waals surface area contributed by atoms with Crippen LogP contribution in [0.4, 0.5) is 17.1 Å². The maximum atomic E-state index is 6.84. The van der Waals surface area contributed by atoms with Crippen LogP contribution in [0.1, 0.15) is 61.1 Å². The first-order valence-corrected chi connectivity index (χ1v) is 23.5. The standard InChI is InChI=1S/C64H46N2O/c1-63(2)53-18-10-8-16-47(53)49-31-26-43(36-55(49)63)65(44-27-32-50-48-17-9-11-19-54(48)64(3,4)56(50)37-44)45-28-33-52-51-29-22-39(35-59(51)67-60(52)38-45)21-23-40-25-34-58-62-46(40)30-24-41-13-12-20-57(61(41)62)66(58)42-14-6-5-7-15-42/h5-38H,1-4H3/b23-21+. The van der Waals surface area contributed by atoms with E-state index in [1.807, 2.05) is 0 Å². The third-order valence-electron chi connectivity index (χ3n) is 15.4. The Kier molecular flexibility index (Phi) is 7.80. The zero-order chi connectivity index (χ0) is 44.8.